The van der Waals surface area contributed by atoms with Crippen LogP contribution in [0, 0.1) is 0 Å². The van der Waals surface area contributed by atoms with Gasteiger partial charge in [-0.25, -0.2) is 0 Å². The van der Waals surface area contributed by atoms with E-state index < -0.39 is 11.4 Å². The molecule has 0 aliphatic heterocycles. The molecule has 0 rings (SSSR count). The van der Waals surface area contributed by atoms with E-state index >= 15 is 0 Å². The van der Waals surface area contributed by atoms with Gasteiger partial charge in [0.1, 0.15) is 0 Å². The molecule has 0 fully saturated rings. The van der Waals surface area contributed by atoms with Crippen LogP contribution in [-0.4, -0.2) is 43.9 Å². The van der Waals surface area contributed by atoms with Gasteiger partial charge in [0.05, 0.1) is 26.4 Å². The lowest BCUT2D eigenvalue weighted by molar-refractivity contribution is 0.0834. The first-order chi connectivity index (χ1) is 8.81. The zero-order chi connectivity index (χ0) is 13.5. The van der Waals surface area contributed by atoms with Gasteiger partial charge in [0.15, 0.2) is 0 Å². The van der Waals surface area contributed by atoms with E-state index in [9.17, 15) is 4.21 Å². The first kappa shape index (κ1) is 18.0. The molecule has 0 radical (unpaired) electrons. The van der Waals surface area contributed by atoms with Gasteiger partial charge in [-0.15, -0.1) is 0 Å². The minimum atomic E-state index is -1.69. The van der Waals surface area contributed by atoms with Crippen LogP contribution in [0.2, 0.25) is 0 Å². The molecule has 0 saturated carbocycles. The lowest BCUT2D eigenvalue weighted by Crippen LogP contribution is -2.12. The van der Waals surface area contributed by atoms with Crippen molar-refractivity contribution in [1.82, 2.24) is 0 Å². The summed E-state index contributed by atoms with van der Waals surface area (Å²) in [4.78, 5) is 0. The highest BCUT2D eigenvalue weighted by molar-refractivity contribution is 7.75. The monoisotopic (exact) mass is 282 g/mol. The smallest absolute Gasteiger partial charge is 0.304 e. The molecule has 5 nitrogen and oxygen atoms in total. The molecule has 0 amide bonds. The molecule has 0 aliphatic rings. The lowest BCUT2D eigenvalue weighted by atomic mass is 10.4. The van der Waals surface area contributed by atoms with Crippen LogP contribution in [0.25, 0.3) is 0 Å². The van der Waals surface area contributed by atoms with Crippen LogP contribution in [0.3, 0.4) is 0 Å². The van der Waals surface area contributed by atoms with E-state index in [0.29, 0.717) is 13.2 Å². The second kappa shape index (κ2) is 15.0. The van der Waals surface area contributed by atoms with Crippen molar-refractivity contribution < 1.29 is 22.0 Å². The van der Waals surface area contributed by atoms with Gasteiger partial charge < -0.3 is 9.47 Å². The summed E-state index contributed by atoms with van der Waals surface area (Å²) < 4.78 is 31.5. The number of ether oxygens (including phenoxy) is 2. The van der Waals surface area contributed by atoms with Crippen molar-refractivity contribution in [3.05, 3.63) is 0 Å². The van der Waals surface area contributed by atoms with E-state index in [2.05, 4.69) is 13.8 Å². The summed E-state index contributed by atoms with van der Waals surface area (Å²) in [7, 11) is 0. The third kappa shape index (κ3) is 14.1. The normalized spacial score (nSPS) is 11.3. The fourth-order valence-corrected chi connectivity index (χ4v) is 1.53. The zero-order valence-electron chi connectivity index (χ0n) is 11.5. The Morgan fingerprint density at radius 3 is 1.56 bits per heavy atom. The Labute approximate surface area is 113 Å². The van der Waals surface area contributed by atoms with Gasteiger partial charge in [-0.3, -0.25) is 8.37 Å². The first-order valence-corrected chi connectivity index (χ1v) is 7.65. The SMILES string of the molecule is CCCCOCCOS(=O)OCCOCCCC. The highest BCUT2D eigenvalue weighted by Gasteiger charge is 2.00. The minimum absolute atomic E-state index is 0.285. The van der Waals surface area contributed by atoms with Crippen LogP contribution in [-0.2, 0) is 29.2 Å². The average molecular weight is 282 g/mol. The molecule has 0 heterocycles. The van der Waals surface area contributed by atoms with Crippen molar-refractivity contribution >= 4 is 11.4 Å². The number of unbranched alkanes of at least 4 members (excludes halogenated alkanes) is 2. The summed E-state index contributed by atoms with van der Waals surface area (Å²) in [5.41, 5.74) is 0. The topological polar surface area (TPSA) is 54.0 Å². The summed E-state index contributed by atoms with van der Waals surface area (Å²) in [5, 5.41) is 0. The molecule has 0 aliphatic carbocycles. The Hall–Kier alpha value is -0.0100. The van der Waals surface area contributed by atoms with E-state index in [4.69, 9.17) is 17.8 Å². The highest BCUT2D eigenvalue weighted by atomic mass is 32.2. The maximum atomic E-state index is 11.2. The van der Waals surface area contributed by atoms with Crippen LogP contribution in [0.4, 0.5) is 0 Å². The Kier molecular flexibility index (Phi) is 15.0. The van der Waals surface area contributed by atoms with E-state index in [1.165, 1.54) is 0 Å². The number of hydrogen-bond acceptors (Lipinski definition) is 5. The maximum absolute atomic E-state index is 11.2. The quantitative estimate of drug-likeness (QED) is 0.457. The molecule has 18 heavy (non-hydrogen) atoms. The second-order valence-corrected chi connectivity index (χ2v) is 4.66. The lowest BCUT2D eigenvalue weighted by Gasteiger charge is -2.05. The summed E-state index contributed by atoms with van der Waals surface area (Å²) in [5.74, 6) is 0. The fourth-order valence-electron chi connectivity index (χ4n) is 1.05. The van der Waals surface area contributed by atoms with Crippen molar-refractivity contribution in [3.63, 3.8) is 0 Å². The second-order valence-electron chi connectivity index (χ2n) is 3.78. The standard InChI is InChI=1S/C12H26O5S/c1-3-5-7-14-9-11-16-18(13)17-12-10-15-8-6-4-2/h3-12H2,1-2H3. The molecular formula is C12H26O5S. The molecule has 0 unspecified atom stereocenters. The van der Waals surface area contributed by atoms with Gasteiger partial charge in [-0.2, -0.15) is 4.21 Å². The zero-order valence-corrected chi connectivity index (χ0v) is 12.3. The Morgan fingerprint density at radius 1 is 0.722 bits per heavy atom. The van der Waals surface area contributed by atoms with Gasteiger partial charge in [-0.1, -0.05) is 26.7 Å². The van der Waals surface area contributed by atoms with Crippen LogP contribution >= 0.6 is 0 Å². The van der Waals surface area contributed by atoms with E-state index in [1.807, 2.05) is 0 Å². The van der Waals surface area contributed by atoms with E-state index in [-0.39, 0.29) is 13.2 Å². The largest absolute Gasteiger partial charge is 0.379 e. The van der Waals surface area contributed by atoms with Crippen molar-refractivity contribution in [3.8, 4) is 0 Å². The molecule has 0 aromatic carbocycles. The molecule has 0 N–H and O–H groups in total. The summed E-state index contributed by atoms with van der Waals surface area (Å²) in [6.45, 7) is 7.11. The predicted octanol–water partition coefficient (Wildman–Crippen LogP) is 2.23. The van der Waals surface area contributed by atoms with E-state index in [0.717, 1.165) is 38.9 Å². The van der Waals surface area contributed by atoms with Crippen molar-refractivity contribution in [1.29, 1.82) is 0 Å². The Balaban J connectivity index is 3.12. The molecular weight excluding hydrogens is 256 g/mol. The Morgan fingerprint density at radius 2 is 1.17 bits per heavy atom. The molecule has 0 saturated heterocycles. The number of rotatable bonds is 14. The van der Waals surface area contributed by atoms with Gasteiger partial charge in [0.2, 0.25) is 0 Å². The van der Waals surface area contributed by atoms with Crippen LogP contribution in [0.5, 0.6) is 0 Å². The number of hydrogen-bond donors (Lipinski definition) is 0. The first-order valence-electron chi connectivity index (χ1n) is 6.65. The van der Waals surface area contributed by atoms with E-state index in [1.54, 1.807) is 0 Å². The summed E-state index contributed by atoms with van der Waals surface area (Å²) in [6, 6.07) is 0. The molecule has 110 valence electrons. The van der Waals surface area contributed by atoms with Crippen molar-refractivity contribution in [2.45, 2.75) is 39.5 Å². The fraction of sp³-hybridized carbons (Fsp3) is 1.00. The van der Waals surface area contributed by atoms with Crippen LogP contribution in [0.15, 0.2) is 0 Å². The maximum Gasteiger partial charge on any atom is 0.304 e. The van der Waals surface area contributed by atoms with Gasteiger partial charge in [0.25, 0.3) is 0 Å². The van der Waals surface area contributed by atoms with Crippen LogP contribution in [0.1, 0.15) is 39.5 Å². The van der Waals surface area contributed by atoms with Gasteiger partial charge in [0, 0.05) is 13.2 Å². The third-order valence-corrected chi connectivity index (χ3v) is 2.82. The summed E-state index contributed by atoms with van der Waals surface area (Å²) in [6.07, 6.45) is 4.28. The van der Waals surface area contributed by atoms with Gasteiger partial charge >= 0.3 is 11.4 Å². The molecule has 0 spiro atoms. The Bertz CT molecular complexity index is 171. The third-order valence-electron chi connectivity index (χ3n) is 2.10. The average Bonchev–Trinajstić information content (AvgIpc) is 2.38. The molecule has 0 atom stereocenters. The molecule has 6 heteroatoms. The predicted molar refractivity (Wildman–Crippen MR) is 71.5 cm³/mol. The highest BCUT2D eigenvalue weighted by Crippen LogP contribution is 1.93. The van der Waals surface area contributed by atoms with Crippen LogP contribution < -0.4 is 0 Å². The van der Waals surface area contributed by atoms with Crippen molar-refractivity contribution in [2.24, 2.45) is 0 Å². The molecule has 0 bridgehead atoms. The van der Waals surface area contributed by atoms with Gasteiger partial charge in [-0.05, 0) is 12.8 Å². The molecule has 0 aromatic heterocycles. The summed E-state index contributed by atoms with van der Waals surface area (Å²) >= 11 is -1.69. The minimum Gasteiger partial charge on any atom is -0.379 e. The van der Waals surface area contributed by atoms with Crippen molar-refractivity contribution in [2.75, 3.05) is 39.6 Å². The molecule has 0 aromatic rings.